The molecule has 1 aliphatic rings. The van der Waals surface area contributed by atoms with Gasteiger partial charge in [-0.1, -0.05) is 18.2 Å². The number of likely N-dealkylation sites (N-methyl/N-ethyl adjacent to an activating group) is 1. The lowest BCUT2D eigenvalue weighted by atomic mass is 9.94. The molecule has 1 saturated heterocycles. The average Bonchev–Trinajstić information content (AvgIpc) is 3.30. The van der Waals surface area contributed by atoms with Crippen LogP contribution in [0.5, 0.6) is 11.5 Å². The van der Waals surface area contributed by atoms with E-state index in [2.05, 4.69) is 0 Å². The summed E-state index contributed by atoms with van der Waals surface area (Å²) in [6.07, 6.45) is 1.92. The van der Waals surface area contributed by atoms with Crippen LogP contribution in [0.2, 0.25) is 0 Å². The molecule has 0 bridgehead atoms. The third-order valence-corrected chi connectivity index (χ3v) is 6.21. The maximum atomic E-state index is 13.4. The molecule has 34 heavy (non-hydrogen) atoms. The summed E-state index contributed by atoms with van der Waals surface area (Å²) in [5.41, 5.74) is 2.07. The van der Waals surface area contributed by atoms with Crippen LogP contribution in [0.3, 0.4) is 0 Å². The number of aliphatic hydroxyl groups is 1. The van der Waals surface area contributed by atoms with Gasteiger partial charge in [0.05, 0.1) is 31.4 Å². The molecule has 1 aliphatic heterocycles. The Morgan fingerprint density at radius 1 is 1.09 bits per heavy atom. The molecule has 4 rings (SSSR count). The van der Waals surface area contributed by atoms with Crippen LogP contribution >= 0.6 is 0 Å². The minimum atomic E-state index is -0.748. The molecule has 8 heteroatoms. The van der Waals surface area contributed by atoms with E-state index in [9.17, 15) is 14.7 Å². The minimum absolute atomic E-state index is 0.0339. The first-order chi connectivity index (χ1) is 16.3. The van der Waals surface area contributed by atoms with Crippen molar-refractivity contribution in [3.63, 3.8) is 0 Å². The van der Waals surface area contributed by atoms with E-state index in [1.54, 1.807) is 23.1 Å². The van der Waals surface area contributed by atoms with Gasteiger partial charge in [0, 0.05) is 42.8 Å². The van der Waals surface area contributed by atoms with Crippen molar-refractivity contribution < 1.29 is 24.2 Å². The molecule has 3 aromatic rings. The number of hydrogen-bond acceptors (Lipinski definition) is 6. The highest BCUT2D eigenvalue weighted by molar-refractivity contribution is 6.46. The first kappa shape index (κ1) is 23.4. The number of fused-ring (bicyclic) bond motifs is 1. The van der Waals surface area contributed by atoms with E-state index in [1.807, 2.05) is 61.1 Å². The third kappa shape index (κ3) is 3.90. The highest BCUT2D eigenvalue weighted by Crippen LogP contribution is 2.43. The van der Waals surface area contributed by atoms with Crippen molar-refractivity contribution in [2.24, 2.45) is 7.05 Å². The Labute approximate surface area is 198 Å². The van der Waals surface area contributed by atoms with Gasteiger partial charge in [-0.2, -0.15) is 0 Å². The second-order valence-electron chi connectivity index (χ2n) is 8.57. The van der Waals surface area contributed by atoms with Gasteiger partial charge in [0.1, 0.15) is 17.3 Å². The molecule has 1 N–H and O–H groups in total. The Balaban J connectivity index is 1.98. The Morgan fingerprint density at radius 3 is 2.50 bits per heavy atom. The molecule has 0 aliphatic carbocycles. The second-order valence-corrected chi connectivity index (χ2v) is 8.57. The molecule has 178 valence electrons. The van der Waals surface area contributed by atoms with Crippen LogP contribution in [0.4, 0.5) is 0 Å². The fourth-order valence-corrected chi connectivity index (χ4v) is 4.48. The van der Waals surface area contributed by atoms with Crippen LogP contribution in [0.1, 0.15) is 17.2 Å². The molecule has 0 radical (unpaired) electrons. The number of benzene rings is 2. The van der Waals surface area contributed by atoms with Crippen LogP contribution in [0.25, 0.3) is 16.7 Å². The molecule has 1 aromatic heterocycles. The quantitative estimate of drug-likeness (QED) is 0.329. The maximum absolute atomic E-state index is 13.4. The second kappa shape index (κ2) is 9.23. The Hall–Kier alpha value is -3.78. The molecule has 1 unspecified atom stereocenters. The highest BCUT2D eigenvalue weighted by atomic mass is 16.5. The number of aryl methyl sites for hydroxylation is 1. The fourth-order valence-electron chi connectivity index (χ4n) is 4.48. The van der Waals surface area contributed by atoms with Crippen LogP contribution in [-0.2, 0) is 16.6 Å². The number of aliphatic hydroxyl groups excluding tert-OH is 1. The first-order valence-corrected chi connectivity index (χ1v) is 11.0. The number of hydrogen-bond donors (Lipinski definition) is 1. The number of methoxy groups -OCH3 is 2. The summed E-state index contributed by atoms with van der Waals surface area (Å²) < 4.78 is 12.7. The predicted molar refractivity (Wildman–Crippen MR) is 130 cm³/mol. The summed E-state index contributed by atoms with van der Waals surface area (Å²) >= 11 is 0. The zero-order chi connectivity index (χ0) is 24.6. The highest BCUT2D eigenvalue weighted by Gasteiger charge is 2.47. The van der Waals surface area contributed by atoms with Crippen LogP contribution in [0, 0.1) is 0 Å². The van der Waals surface area contributed by atoms with E-state index in [1.165, 1.54) is 14.2 Å². The number of aromatic nitrogens is 1. The number of nitrogens with zero attached hydrogens (tertiary/aromatic N) is 3. The lowest BCUT2D eigenvalue weighted by molar-refractivity contribution is -0.140. The number of carbonyl (C=O) groups is 2. The Kier molecular flexibility index (Phi) is 6.34. The van der Waals surface area contributed by atoms with Gasteiger partial charge in [-0.3, -0.25) is 9.59 Å². The van der Waals surface area contributed by atoms with Crippen molar-refractivity contribution in [3.8, 4) is 11.5 Å². The van der Waals surface area contributed by atoms with E-state index >= 15 is 0 Å². The molecule has 1 atom stereocenters. The van der Waals surface area contributed by atoms with E-state index in [0.717, 1.165) is 16.5 Å². The molecule has 2 heterocycles. The van der Waals surface area contributed by atoms with Crippen LogP contribution in [-0.4, -0.2) is 72.6 Å². The lowest BCUT2D eigenvalue weighted by Gasteiger charge is -2.26. The summed E-state index contributed by atoms with van der Waals surface area (Å²) in [7, 11) is 8.73. The van der Waals surface area contributed by atoms with Crippen LogP contribution < -0.4 is 9.47 Å². The number of ketones is 1. The number of carbonyl (C=O) groups excluding carboxylic acids is 2. The van der Waals surface area contributed by atoms with E-state index in [-0.39, 0.29) is 16.9 Å². The first-order valence-electron chi connectivity index (χ1n) is 11.0. The third-order valence-electron chi connectivity index (χ3n) is 6.21. The monoisotopic (exact) mass is 463 g/mol. The van der Waals surface area contributed by atoms with Gasteiger partial charge in [0.15, 0.2) is 0 Å². The minimum Gasteiger partial charge on any atom is -0.507 e. The molecular weight excluding hydrogens is 434 g/mol. The van der Waals surface area contributed by atoms with Crippen molar-refractivity contribution >= 4 is 28.4 Å². The van der Waals surface area contributed by atoms with Gasteiger partial charge in [0.25, 0.3) is 11.7 Å². The molecule has 1 fully saturated rings. The van der Waals surface area contributed by atoms with Gasteiger partial charge in [-0.05, 0) is 38.4 Å². The summed E-state index contributed by atoms with van der Waals surface area (Å²) in [4.78, 5) is 30.1. The van der Waals surface area contributed by atoms with Gasteiger partial charge in [-0.15, -0.1) is 0 Å². The summed E-state index contributed by atoms with van der Waals surface area (Å²) in [6, 6.07) is 12.0. The van der Waals surface area contributed by atoms with E-state index in [0.29, 0.717) is 24.6 Å². The van der Waals surface area contributed by atoms with Crippen molar-refractivity contribution in [1.82, 2.24) is 14.4 Å². The topological polar surface area (TPSA) is 84.2 Å². The number of ether oxygens (including phenoxy) is 2. The number of rotatable bonds is 7. The van der Waals surface area contributed by atoms with Gasteiger partial charge in [-0.25, -0.2) is 0 Å². The standard InChI is InChI=1S/C26H29N3O5/c1-27(2)12-13-29-23(19-15-28(3)20-9-7-6-8-17(19)20)22(25(31)26(29)32)24(30)18-14-16(33-4)10-11-21(18)34-5/h6-11,14-15,23,30H,12-13H2,1-5H3/b24-22+. The molecule has 8 nitrogen and oxygen atoms in total. The normalized spacial score (nSPS) is 17.7. The van der Waals surface area contributed by atoms with Gasteiger partial charge < -0.3 is 28.9 Å². The predicted octanol–water partition coefficient (Wildman–Crippen LogP) is 3.18. The fraction of sp³-hybridized carbons (Fsp3) is 0.308. The number of likely N-dealkylation sites (tertiary alicyclic amines) is 1. The van der Waals surface area contributed by atoms with Crippen LogP contribution in [0.15, 0.2) is 54.2 Å². The van der Waals surface area contributed by atoms with E-state index in [4.69, 9.17) is 9.47 Å². The molecule has 2 aromatic carbocycles. The summed E-state index contributed by atoms with van der Waals surface area (Å²) in [5.74, 6) is -0.790. The van der Waals surface area contributed by atoms with Gasteiger partial charge >= 0.3 is 0 Å². The number of Topliss-reactive ketones (excluding diaryl/α,β-unsaturated/α-hetero) is 1. The lowest BCUT2D eigenvalue weighted by Crippen LogP contribution is -2.35. The SMILES string of the molecule is COc1ccc(OC)c(/C(O)=C2\C(=O)C(=O)N(CCN(C)C)C2c2cn(C)c3ccccc23)c1. The smallest absolute Gasteiger partial charge is 0.295 e. The zero-order valence-electron chi connectivity index (χ0n) is 20.0. The molecule has 0 spiro atoms. The molecule has 1 amide bonds. The van der Waals surface area contributed by atoms with E-state index < -0.39 is 17.7 Å². The largest absolute Gasteiger partial charge is 0.507 e. The van der Waals surface area contributed by atoms with Crippen molar-refractivity contribution in [2.45, 2.75) is 6.04 Å². The molecule has 0 saturated carbocycles. The maximum Gasteiger partial charge on any atom is 0.295 e. The van der Waals surface area contributed by atoms with Crippen molar-refractivity contribution in [1.29, 1.82) is 0 Å². The number of para-hydroxylation sites is 1. The Morgan fingerprint density at radius 2 is 1.82 bits per heavy atom. The Bertz CT molecular complexity index is 1290. The number of amides is 1. The zero-order valence-corrected chi connectivity index (χ0v) is 20.0. The average molecular weight is 464 g/mol. The molecular formula is C26H29N3O5. The summed E-state index contributed by atoms with van der Waals surface area (Å²) in [5, 5.41) is 12.4. The summed E-state index contributed by atoms with van der Waals surface area (Å²) in [6.45, 7) is 0.897. The van der Waals surface area contributed by atoms with Gasteiger partial charge in [0.2, 0.25) is 0 Å². The van der Waals surface area contributed by atoms with Crippen molar-refractivity contribution in [2.75, 3.05) is 41.4 Å². The van der Waals surface area contributed by atoms with Crippen molar-refractivity contribution in [3.05, 3.63) is 65.4 Å².